The van der Waals surface area contributed by atoms with Crippen LogP contribution in [0, 0.1) is 0 Å². The monoisotopic (exact) mass is 399 g/mol. The lowest BCUT2D eigenvalue weighted by Crippen LogP contribution is -2.19. The van der Waals surface area contributed by atoms with Gasteiger partial charge in [0.25, 0.3) is 5.91 Å². The van der Waals surface area contributed by atoms with Crippen LogP contribution in [0.15, 0.2) is 42.6 Å². The molecule has 2 aromatic heterocycles. The van der Waals surface area contributed by atoms with Gasteiger partial charge in [-0.1, -0.05) is 18.6 Å². The molecule has 1 fully saturated rings. The van der Waals surface area contributed by atoms with Crippen molar-refractivity contribution in [3.05, 3.63) is 54.0 Å². The Bertz CT molecular complexity index is 1140. The van der Waals surface area contributed by atoms with Crippen molar-refractivity contribution >= 4 is 33.0 Å². The maximum absolute atomic E-state index is 12.8. The molecule has 4 rings (SSSR count). The fourth-order valence-electron chi connectivity index (χ4n) is 3.14. The van der Waals surface area contributed by atoms with E-state index in [4.69, 9.17) is 0 Å². The number of aromatic nitrogens is 3. The Hall–Kier alpha value is -2.94. The van der Waals surface area contributed by atoms with Gasteiger partial charge in [0.15, 0.2) is 5.65 Å². The van der Waals surface area contributed by atoms with Crippen LogP contribution in [0.25, 0.3) is 5.65 Å². The predicted molar refractivity (Wildman–Crippen MR) is 107 cm³/mol. The summed E-state index contributed by atoms with van der Waals surface area (Å²) in [6.07, 6.45) is 5.20. The average molecular weight is 399 g/mol. The number of pyridine rings is 1. The van der Waals surface area contributed by atoms with Crippen molar-refractivity contribution in [3.63, 3.8) is 0 Å². The number of benzene rings is 1. The Morgan fingerprint density at radius 3 is 2.68 bits per heavy atom. The normalized spacial score (nSPS) is 14.6. The number of hydrogen-bond donors (Lipinski definition) is 2. The lowest BCUT2D eigenvalue weighted by Gasteiger charge is -2.23. The van der Waals surface area contributed by atoms with Gasteiger partial charge in [0.2, 0.25) is 10.0 Å². The minimum atomic E-state index is -3.49. The van der Waals surface area contributed by atoms with Crippen LogP contribution >= 0.6 is 0 Å². The van der Waals surface area contributed by atoms with E-state index in [9.17, 15) is 13.2 Å². The van der Waals surface area contributed by atoms with Crippen molar-refractivity contribution < 1.29 is 13.2 Å². The van der Waals surface area contributed by atoms with Gasteiger partial charge in [-0.25, -0.2) is 8.42 Å². The van der Waals surface area contributed by atoms with E-state index in [-0.39, 0.29) is 17.0 Å². The Kier molecular flexibility index (Phi) is 4.76. The lowest BCUT2D eigenvalue weighted by molar-refractivity contribution is 0.102. The maximum Gasteiger partial charge on any atom is 0.257 e. The first-order valence-electron chi connectivity index (χ1n) is 9.22. The highest BCUT2D eigenvalue weighted by molar-refractivity contribution is 7.92. The minimum Gasteiger partial charge on any atom is -0.321 e. The van der Waals surface area contributed by atoms with Gasteiger partial charge in [0.05, 0.1) is 22.7 Å². The molecule has 1 aliphatic rings. The summed E-state index contributed by atoms with van der Waals surface area (Å²) >= 11 is 0. The van der Waals surface area contributed by atoms with Crippen molar-refractivity contribution in [3.8, 4) is 0 Å². The topological polar surface area (TPSA) is 105 Å². The van der Waals surface area contributed by atoms with E-state index in [1.807, 2.05) is 4.40 Å². The number of carbonyl (C=O) groups is 1. The maximum atomic E-state index is 12.8. The largest absolute Gasteiger partial charge is 0.321 e. The fourth-order valence-corrected chi connectivity index (χ4v) is 3.79. The molecular formula is C19H21N5O3S. The Morgan fingerprint density at radius 1 is 1.18 bits per heavy atom. The van der Waals surface area contributed by atoms with E-state index in [0.29, 0.717) is 11.6 Å². The van der Waals surface area contributed by atoms with E-state index in [1.165, 1.54) is 6.42 Å². The first kappa shape index (κ1) is 18.4. The van der Waals surface area contributed by atoms with E-state index in [2.05, 4.69) is 20.2 Å². The van der Waals surface area contributed by atoms with Crippen LogP contribution in [-0.4, -0.2) is 34.7 Å². The zero-order chi connectivity index (χ0) is 19.7. The number of anilines is 2. The van der Waals surface area contributed by atoms with Gasteiger partial charge in [0.1, 0.15) is 5.82 Å². The highest BCUT2D eigenvalue weighted by Gasteiger charge is 2.24. The van der Waals surface area contributed by atoms with Crippen molar-refractivity contribution in [2.45, 2.75) is 32.1 Å². The number of sulfonamides is 1. The molecule has 8 nitrogen and oxygen atoms in total. The third-order valence-electron chi connectivity index (χ3n) is 4.97. The molecular weight excluding hydrogens is 378 g/mol. The van der Waals surface area contributed by atoms with Gasteiger partial charge < -0.3 is 5.32 Å². The summed E-state index contributed by atoms with van der Waals surface area (Å²) in [7, 11) is -3.49. The molecule has 3 aromatic rings. The number of para-hydroxylation sites is 1. The van der Waals surface area contributed by atoms with Gasteiger partial charge >= 0.3 is 0 Å². The molecule has 0 spiro atoms. The molecule has 9 heteroatoms. The summed E-state index contributed by atoms with van der Waals surface area (Å²) in [5.74, 6) is 0.850. The van der Waals surface area contributed by atoms with Crippen molar-refractivity contribution in [1.82, 2.24) is 14.6 Å². The summed E-state index contributed by atoms with van der Waals surface area (Å²) in [6, 6.07) is 10.1. The van der Waals surface area contributed by atoms with Crippen LogP contribution in [0.4, 0.5) is 11.4 Å². The standard InChI is InChI=1S/C19H21N5O3S/c1-2-28(26,27)23-16-9-4-3-8-15(16)19(25)20-14-10-11-17-21-22-18(24(17)12-14)13-6-5-7-13/h3-4,8-13,23H,2,5-7H2,1H3,(H,20,25). The van der Waals surface area contributed by atoms with E-state index < -0.39 is 15.9 Å². The molecule has 1 saturated carbocycles. The number of nitrogens with zero attached hydrogens (tertiary/aromatic N) is 3. The van der Waals surface area contributed by atoms with Crippen LogP contribution in [-0.2, 0) is 10.0 Å². The molecule has 0 saturated heterocycles. The molecule has 1 aromatic carbocycles. The molecule has 1 aliphatic carbocycles. The van der Waals surface area contributed by atoms with Crippen LogP contribution in [0.2, 0.25) is 0 Å². The van der Waals surface area contributed by atoms with Crippen molar-refractivity contribution in [1.29, 1.82) is 0 Å². The third kappa shape index (κ3) is 3.57. The van der Waals surface area contributed by atoms with Crippen molar-refractivity contribution in [2.75, 3.05) is 15.8 Å². The highest BCUT2D eigenvalue weighted by atomic mass is 32.2. The molecule has 2 N–H and O–H groups in total. The molecule has 0 unspecified atom stereocenters. The SMILES string of the molecule is CCS(=O)(=O)Nc1ccccc1C(=O)Nc1ccc2nnc(C3CCC3)n2c1. The molecule has 0 radical (unpaired) electrons. The van der Waals surface area contributed by atoms with Gasteiger partial charge in [-0.3, -0.25) is 13.9 Å². The Morgan fingerprint density at radius 2 is 1.96 bits per heavy atom. The molecule has 2 heterocycles. The molecule has 146 valence electrons. The first-order chi connectivity index (χ1) is 13.5. The van der Waals surface area contributed by atoms with Crippen LogP contribution in [0.3, 0.4) is 0 Å². The van der Waals surface area contributed by atoms with Gasteiger partial charge in [-0.2, -0.15) is 0 Å². The summed E-state index contributed by atoms with van der Waals surface area (Å²) in [4.78, 5) is 12.8. The second kappa shape index (κ2) is 7.23. The van der Waals surface area contributed by atoms with Crippen molar-refractivity contribution in [2.24, 2.45) is 0 Å². The van der Waals surface area contributed by atoms with Gasteiger partial charge in [-0.05, 0) is 44.0 Å². The van der Waals surface area contributed by atoms with E-state index >= 15 is 0 Å². The average Bonchev–Trinajstić information content (AvgIpc) is 3.03. The Balaban J connectivity index is 1.60. The number of rotatable bonds is 6. The highest BCUT2D eigenvalue weighted by Crippen LogP contribution is 2.35. The number of carbonyl (C=O) groups excluding carboxylic acids is 1. The zero-order valence-electron chi connectivity index (χ0n) is 15.4. The second-order valence-electron chi connectivity index (χ2n) is 6.84. The van der Waals surface area contributed by atoms with Crippen LogP contribution in [0.1, 0.15) is 48.3 Å². The van der Waals surface area contributed by atoms with Gasteiger partial charge in [-0.15, -0.1) is 10.2 Å². The number of fused-ring (bicyclic) bond motifs is 1. The lowest BCUT2D eigenvalue weighted by atomic mass is 9.85. The smallest absolute Gasteiger partial charge is 0.257 e. The fraction of sp³-hybridized carbons (Fsp3) is 0.316. The number of hydrogen-bond acceptors (Lipinski definition) is 5. The molecule has 0 aliphatic heterocycles. The quantitative estimate of drug-likeness (QED) is 0.663. The first-order valence-corrected chi connectivity index (χ1v) is 10.9. The summed E-state index contributed by atoms with van der Waals surface area (Å²) in [5.41, 5.74) is 1.83. The van der Waals surface area contributed by atoms with E-state index in [0.717, 1.165) is 24.3 Å². The molecule has 1 amide bonds. The van der Waals surface area contributed by atoms with Gasteiger partial charge in [0, 0.05) is 12.1 Å². The second-order valence-corrected chi connectivity index (χ2v) is 8.85. The number of amides is 1. The predicted octanol–water partition coefficient (Wildman–Crippen LogP) is 3.01. The Labute approximate surface area is 163 Å². The molecule has 0 bridgehead atoms. The van der Waals surface area contributed by atoms with Crippen LogP contribution in [0.5, 0.6) is 0 Å². The summed E-state index contributed by atoms with van der Waals surface area (Å²) in [6.45, 7) is 1.54. The third-order valence-corrected chi connectivity index (χ3v) is 6.27. The summed E-state index contributed by atoms with van der Waals surface area (Å²) < 4.78 is 28.1. The van der Waals surface area contributed by atoms with Crippen LogP contribution < -0.4 is 10.0 Å². The number of nitrogens with one attached hydrogen (secondary N) is 2. The minimum absolute atomic E-state index is 0.0722. The summed E-state index contributed by atoms with van der Waals surface area (Å²) in [5, 5.41) is 11.3. The zero-order valence-corrected chi connectivity index (χ0v) is 16.2. The molecule has 28 heavy (non-hydrogen) atoms. The molecule has 0 atom stereocenters. The van der Waals surface area contributed by atoms with E-state index in [1.54, 1.807) is 49.5 Å².